The maximum absolute atomic E-state index is 11.6. The molecule has 0 saturated heterocycles. The quantitative estimate of drug-likeness (QED) is 0.335. The molecule has 0 bridgehead atoms. The Balaban J connectivity index is 2.13. The molecule has 0 saturated carbocycles. The Morgan fingerprint density at radius 1 is 1.23 bits per heavy atom. The van der Waals surface area contributed by atoms with Gasteiger partial charge in [0.15, 0.2) is 6.61 Å². The summed E-state index contributed by atoms with van der Waals surface area (Å²) in [7, 11) is 0. The normalized spacial score (nSPS) is 11.9. The molecule has 3 N–H and O–H groups in total. The second-order valence-electron chi connectivity index (χ2n) is 6.27. The maximum Gasteiger partial charge on any atom is 0.260 e. The van der Waals surface area contributed by atoms with E-state index in [0.717, 1.165) is 11.1 Å². The molecule has 0 aliphatic carbocycles. The molecule has 142 valence electrons. The number of nitrogens with two attached hydrogens (primary N) is 1. The van der Waals surface area contributed by atoms with Gasteiger partial charge in [-0.1, -0.05) is 41.4 Å². The fourth-order valence-electron chi connectivity index (χ4n) is 2.33. The zero-order valence-electron chi connectivity index (χ0n) is 15.4. The van der Waals surface area contributed by atoms with Crippen molar-refractivity contribution in [3.8, 4) is 0 Å². The van der Waals surface area contributed by atoms with Crippen LogP contribution in [0.5, 0.6) is 0 Å². The average Bonchev–Trinajstić information content (AvgIpc) is 2.58. The molecule has 1 unspecified atom stereocenters. The summed E-state index contributed by atoms with van der Waals surface area (Å²) >= 11 is 0. The van der Waals surface area contributed by atoms with Gasteiger partial charge in [0.05, 0.1) is 6.21 Å². The van der Waals surface area contributed by atoms with E-state index in [1.807, 2.05) is 31.2 Å². The first-order chi connectivity index (χ1) is 12.4. The minimum atomic E-state index is -0.455. The van der Waals surface area contributed by atoms with Gasteiger partial charge in [-0.3, -0.25) is 9.59 Å². The van der Waals surface area contributed by atoms with Crippen LogP contribution in [0.4, 0.5) is 0 Å². The van der Waals surface area contributed by atoms with E-state index in [-0.39, 0.29) is 24.7 Å². The summed E-state index contributed by atoms with van der Waals surface area (Å²) in [6.45, 7) is 3.75. The highest BCUT2D eigenvalue weighted by Gasteiger charge is 2.16. The molecule has 1 aromatic carbocycles. The van der Waals surface area contributed by atoms with Crippen LogP contribution in [0.3, 0.4) is 0 Å². The molecule has 0 fully saturated rings. The molecule has 0 heterocycles. The van der Waals surface area contributed by atoms with Crippen molar-refractivity contribution in [2.75, 3.05) is 13.2 Å². The van der Waals surface area contributed by atoms with Crippen LogP contribution in [0.2, 0.25) is 0 Å². The number of carbonyl (C=O) groups is 3. The van der Waals surface area contributed by atoms with Crippen LogP contribution >= 0.6 is 0 Å². The van der Waals surface area contributed by atoms with E-state index in [1.165, 1.54) is 6.92 Å². The monoisotopic (exact) mass is 361 g/mol. The number of hydrogen-bond donors (Lipinski definition) is 2. The van der Waals surface area contributed by atoms with Gasteiger partial charge in [0.2, 0.25) is 5.91 Å². The number of amides is 2. The molecular formula is C19H27N3O4. The first-order valence-corrected chi connectivity index (χ1v) is 8.66. The fraction of sp³-hybridized carbons (Fsp3) is 0.474. The predicted molar refractivity (Wildman–Crippen MR) is 99.6 cm³/mol. The van der Waals surface area contributed by atoms with Crippen molar-refractivity contribution >= 4 is 23.8 Å². The van der Waals surface area contributed by atoms with Crippen LogP contribution < -0.4 is 11.1 Å². The zero-order chi connectivity index (χ0) is 19.4. The van der Waals surface area contributed by atoms with Crippen LogP contribution in [0.1, 0.15) is 43.7 Å². The van der Waals surface area contributed by atoms with Crippen LogP contribution in [-0.2, 0) is 19.2 Å². The van der Waals surface area contributed by atoms with Crippen LogP contribution in [0, 0.1) is 12.8 Å². The van der Waals surface area contributed by atoms with Crippen molar-refractivity contribution in [1.82, 2.24) is 5.32 Å². The van der Waals surface area contributed by atoms with Crippen molar-refractivity contribution in [2.24, 2.45) is 16.8 Å². The fourth-order valence-corrected chi connectivity index (χ4v) is 2.33. The van der Waals surface area contributed by atoms with Gasteiger partial charge < -0.3 is 20.7 Å². The third-order valence-electron chi connectivity index (χ3n) is 3.79. The third-order valence-corrected chi connectivity index (χ3v) is 3.79. The number of unbranched alkanes of at least 4 members (excludes halogenated alkanes) is 1. The second kappa shape index (κ2) is 11.8. The van der Waals surface area contributed by atoms with E-state index in [4.69, 9.17) is 10.6 Å². The number of aryl methyl sites for hydroxylation is 1. The minimum Gasteiger partial charge on any atom is -0.386 e. The topological polar surface area (TPSA) is 111 Å². The lowest BCUT2D eigenvalue weighted by Gasteiger charge is -2.11. The standard InChI is InChI=1S/C19H27N3O4/c1-14-6-8-16(9-7-14)12-22-26-13-18(24)21-10-4-3-5-17(19(20)25)11-15(2)23/h6-9,12,17H,3-5,10-11,13H2,1-2H3,(H2,20,25)(H,21,24)/b22-12+. The Morgan fingerprint density at radius 3 is 2.54 bits per heavy atom. The average molecular weight is 361 g/mol. The van der Waals surface area contributed by atoms with E-state index in [0.29, 0.717) is 25.8 Å². The zero-order valence-corrected chi connectivity index (χ0v) is 15.4. The van der Waals surface area contributed by atoms with Crippen molar-refractivity contribution in [3.05, 3.63) is 35.4 Å². The first kappa shape index (κ1) is 21.3. The van der Waals surface area contributed by atoms with E-state index >= 15 is 0 Å². The Hall–Kier alpha value is -2.70. The molecule has 0 radical (unpaired) electrons. The van der Waals surface area contributed by atoms with Crippen LogP contribution in [0.15, 0.2) is 29.4 Å². The first-order valence-electron chi connectivity index (χ1n) is 8.66. The number of hydrogen-bond acceptors (Lipinski definition) is 5. The number of ketones is 1. The number of Topliss-reactive ketones (excluding diaryl/α,β-unsaturated/α-hetero) is 1. The van der Waals surface area contributed by atoms with Gasteiger partial charge in [-0.25, -0.2) is 0 Å². The molecule has 0 aliphatic rings. The Bertz CT molecular complexity index is 626. The number of nitrogens with zero attached hydrogens (tertiary/aromatic N) is 1. The number of benzene rings is 1. The Morgan fingerprint density at radius 2 is 1.92 bits per heavy atom. The maximum atomic E-state index is 11.6. The summed E-state index contributed by atoms with van der Waals surface area (Å²) in [6, 6.07) is 7.75. The Kier molecular flexibility index (Phi) is 9.67. The molecule has 1 aromatic rings. The van der Waals surface area contributed by atoms with Gasteiger partial charge in [0.1, 0.15) is 5.78 Å². The van der Waals surface area contributed by atoms with Crippen LogP contribution in [0.25, 0.3) is 0 Å². The van der Waals surface area contributed by atoms with Gasteiger partial charge >= 0.3 is 0 Å². The van der Waals surface area contributed by atoms with E-state index in [2.05, 4.69) is 10.5 Å². The molecule has 1 rings (SSSR count). The van der Waals surface area contributed by atoms with Crippen LogP contribution in [-0.4, -0.2) is 37.0 Å². The van der Waals surface area contributed by atoms with Gasteiger partial charge in [-0.15, -0.1) is 0 Å². The lowest BCUT2D eigenvalue weighted by Crippen LogP contribution is -2.28. The van der Waals surface area contributed by atoms with E-state index in [1.54, 1.807) is 6.21 Å². The smallest absolute Gasteiger partial charge is 0.260 e. The van der Waals surface area contributed by atoms with E-state index in [9.17, 15) is 14.4 Å². The molecule has 2 amide bonds. The Labute approximate surface area is 154 Å². The number of primary amides is 1. The molecule has 0 aliphatic heterocycles. The van der Waals surface area contributed by atoms with Gasteiger partial charge in [-0.05, 0) is 32.3 Å². The number of nitrogens with one attached hydrogen (secondary N) is 1. The summed E-state index contributed by atoms with van der Waals surface area (Å²) in [5.74, 6) is -1.20. The largest absolute Gasteiger partial charge is 0.386 e. The lowest BCUT2D eigenvalue weighted by atomic mass is 9.96. The van der Waals surface area contributed by atoms with Crippen molar-refractivity contribution in [2.45, 2.75) is 39.5 Å². The highest BCUT2D eigenvalue weighted by molar-refractivity contribution is 5.84. The SMILES string of the molecule is CC(=O)CC(CCCCNC(=O)CO/N=C/c1ccc(C)cc1)C(N)=O. The highest BCUT2D eigenvalue weighted by atomic mass is 16.6. The van der Waals surface area contributed by atoms with Crippen molar-refractivity contribution < 1.29 is 19.2 Å². The predicted octanol–water partition coefficient (Wildman–Crippen LogP) is 1.71. The molecule has 7 heteroatoms. The highest BCUT2D eigenvalue weighted by Crippen LogP contribution is 2.12. The molecule has 26 heavy (non-hydrogen) atoms. The summed E-state index contributed by atoms with van der Waals surface area (Å²) in [4.78, 5) is 38.9. The minimum absolute atomic E-state index is 0.0505. The summed E-state index contributed by atoms with van der Waals surface area (Å²) in [6.07, 6.45) is 3.66. The second-order valence-corrected chi connectivity index (χ2v) is 6.27. The van der Waals surface area contributed by atoms with Gasteiger partial charge in [0, 0.05) is 18.9 Å². The number of rotatable bonds is 12. The molecule has 0 spiro atoms. The van der Waals surface area contributed by atoms with E-state index < -0.39 is 11.8 Å². The number of oxime groups is 1. The summed E-state index contributed by atoms with van der Waals surface area (Å²) in [5.41, 5.74) is 7.33. The third kappa shape index (κ3) is 9.56. The summed E-state index contributed by atoms with van der Waals surface area (Å²) in [5, 5.41) is 6.47. The van der Waals surface area contributed by atoms with Gasteiger partial charge in [-0.2, -0.15) is 0 Å². The molecule has 0 aromatic heterocycles. The number of carbonyl (C=O) groups excluding carboxylic acids is 3. The molecule has 1 atom stereocenters. The lowest BCUT2D eigenvalue weighted by molar-refractivity contribution is -0.126. The van der Waals surface area contributed by atoms with Crippen molar-refractivity contribution in [1.29, 1.82) is 0 Å². The molecular weight excluding hydrogens is 334 g/mol. The summed E-state index contributed by atoms with van der Waals surface area (Å²) < 4.78 is 0. The van der Waals surface area contributed by atoms with Crippen molar-refractivity contribution in [3.63, 3.8) is 0 Å². The molecule has 7 nitrogen and oxygen atoms in total. The van der Waals surface area contributed by atoms with Gasteiger partial charge in [0.25, 0.3) is 5.91 Å².